The summed E-state index contributed by atoms with van der Waals surface area (Å²) < 4.78 is 0. The predicted octanol–water partition coefficient (Wildman–Crippen LogP) is 1.09. The molecule has 0 aliphatic carbocycles. The molecular weight excluding hydrogens is 244 g/mol. The van der Waals surface area contributed by atoms with Gasteiger partial charge in [0.1, 0.15) is 0 Å². The molecule has 1 amide bonds. The van der Waals surface area contributed by atoms with Gasteiger partial charge in [-0.15, -0.1) is 0 Å². The fourth-order valence-electron chi connectivity index (χ4n) is 3.22. The van der Waals surface area contributed by atoms with Crippen LogP contribution in [0.4, 0.5) is 0 Å². The lowest BCUT2D eigenvalue weighted by atomic mass is 9.90. The number of aliphatic carboxylic acids is 1. The van der Waals surface area contributed by atoms with E-state index in [9.17, 15) is 9.59 Å². The zero-order valence-corrected chi connectivity index (χ0v) is 11.6. The van der Waals surface area contributed by atoms with Crippen molar-refractivity contribution in [3.8, 4) is 0 Å². The Morgan fingerprint density at radius 2 is 2.11 bits per heavy atom. The summed E-state index contributed by atoms with van der Waals surface area (Å²) in [6.07, 6.45) is 4.21. The summed E-state index contributed by atoms with van der Waals surface area (Å²) in [6, 6.07) is -0.0534. The van der Waals surface area contributed by atoms with Crippen molar-refractivity contribution < 1.29 is 14.7 Å². The van der Waals surface area contributed by atoms with E-state index in [2.05, 4.69) is 12.2 Å². The average molecular weight is 268 g/mol. The summed E-state index contributed by atoms with van der Waals surface area (Å²) in [5.41, 5.74) is 0. The monoisotopic (exact) mass is 268 g/mol. The Labute approximate surface area is 114 Å². The summed E-state index contributed by atoms with van der Waals surface area (Å²) in [7, 11) is 0. The van der Waals surface area contributed by atoms with Gasteiger partial charge in [-0.25, -0.2) is 0 Å². The topological polar surface area (TPSA) is 69.6 Å². The molecule has 0 aromatic carbocycles. The Bertz CT molecular complexity index is 346. The van der Waals surface area contributed by atoms with Crippen LogP contribution in [0.2, 0.25) is 0 Å². The minimum Gasteiger partial charge on any atom is -0.481 e. The van der Waals surface area contributed by atoms with Crippen LogP contribution in [-0.4, -0.2) is 47.6 Å². The predicted molar refractivity (Wildman–Crippen MR) is 71.7 cm³/mol. The summed E-state index contributed by atoms with van der Waals surface area (Å²) in [5, 5.41) is 12.1. The van der Waals surface area contributed by atoms with Gasteiger partial charge in [0.05, 0.1) is 6.04 Å². The lowest BCUT2D eigenvalue weighted by Crippen LogP contribution is -2.49. The van der Waals surface area contributed by atoms with Crippen molar-refractivity contribution in [3.63, 3.8) is 0 Å². The summed E-state index contributed by atoms with van der Waals surface area (Å²) in [4.78, 5) is 25.0. The van der Waals surface area contributed by atoms with Gasteiger partial charge in [0.15, 0.2) is 0 Å². The van der Waals surface area contributed by atoms with Gasteiger partial charge in [0.2, 0.25) is 5.91 Å². The summed E-state index contributed by atoms with van der Waals surface area (Å²) >= 11 is 0. The van der Waals surface area contributed by atoms with Crippen LogP contribution in [0.5, 0.6) is 0 Å². The van der Waals surface area contributed by atoms with Gasteiger partial charge in [-0.05, 0) is 37.6 Å². The zero-order chi connectivity index (χ0) is 13.8. The minimum atomic E-state index is -0.763. The number of nitrogens with one attached hydrogen (secondary N) is 1. The van der Waals surface area contributed by atoms with E-state index in [4.69, 9.17) is 5.11 Å². The zero-order valence-electron chi connectivity index (χ0n) is 11.6. The number of hydrogen-bond acceptors (Lipinski definition) is 3. The van der Waals surface area contributed by atoms with Crippen LogP contribution in [0.3, 0.4) is 0 Å². The largest absolute Gasteiger partial charge is 0.481 e. The Morgan fingerprint density at radius 1 is 1.32 bits per heavy atom. The molecule has 108 valence electrons. The van der Waals surface area contributed by atoms with Crippen molar-refractivity contribution in [3.05, 3.63) is 0 Å². The molecule has 5 heteroatoms. The maximum atomic E-state index is 12.4. The number of hydrogen-bond donors (Lipinski definition) is 2. The highest BCUT2D eigenvalue weighted by molar-refractivity contribution is 5.82. The molecule has 0 aromatic rings. The van der Waals surface area contributed by atoms with E-state index in [1.165, 1.54) is 0 Å². The first-order chi connectivity index (χ1) is 9.10. The molecule has 2 fully saturated rings. The van der Waals surface area contributed by atoms with E-state index >= 15 is 0 Å². The molecule has 0 saturated carbocycles. The van der Waals surface area contributed by atoms with Crippen molar-refractivity contribution in [2.75, 3.05) is 19.6 Å². The first-order valence-electron chi connectivity index (χ1n) is 7.34. The average Bonchev–Trinajstić information content (AvgIpc) is 2.85. The van der Waals surface area contributed by atoms with Crippen molar-refractivity contribution >= 4 is 11.9 Å². The van der Waals surface area contributed by atoms with Crippen molar-refractivity contribution in [1.82, 2.24) is 10.2 Å². The first-order valence-corrected chi connectivity index (χ1v) is 7.34. The number of amides is 1. The molecule has 0 bridgehead atoms. The molecule has 5 nitrogen and oxygen atoms in total. The smallest absolute Gasteiger partial charge is 0.303 e. The molecule has 0 aromatic heterocycles. The lowest BCUT2D eigenvalue weighted by molar-refractivity contribution is -0.138. The third-order valence-corrected chi connectivity index (χ3v) is 4.45. The maximum Gasteiger partial charge on any atom is 0.303 e. The van der Waals surface area contributed by atoms with Crippen molar-refractivity contribution in [2.45, 2.75) is 45.1 Å². The third-order valence-electron chi connectivity index (χ3n) is 4.45. The second kappa shape index (κ2) is 6.37. The molecule has 3 atom stereocenters. The van der Waals surface area contributed by atoms with E-state index in [1.807, 2.05) is 4.90 Å². The van der Waals surface area contributed by atoms with E-state index < -0.39 is 5.97 Å². The Kier molecular flexibility index (Phi) is 4.80. The maximum absolute atomic E-state index is 12.4. The highest BCUT2D eigenvalue weighted by Gasteiger charge is 2.33. The van der Waals surface area contributed by atoms with E-state index in [0.29, 0.717) is 19.0 Å². The lowest BCUT2D eigenvalue weighted by Gasteiger charge is -2.31. The number of carboxylic acid groups (broad SMARTS) is 1. The van der Waals surface area contributed by atoms with Crippen molar-refractivity contribution in [2.24, 2.45) is 11.8 Å². The molecule has 2 aliphatic heterocycles. The Morgan fingerprint density at radius 3 is 2.79 bits per heavy atom. The van der Waals surface area contributed by atoms with E-state index in [-0.39, 0.29) is 24.3 Å². The van der Waals surface area contributed by atoms with Crippen LogP contribution in [-0.2, 0) is 9.59 Å². The Balaban J connectivity index is 1.85. The van der Waals surface area contributed by atoms with E-state index in [0.717, 1.165) is 32.2 Å². The number of likely N-dealkylation sites (tertiary alicyclic amines) is 1. The molecule has 3 unspecified atom stereocenters. The molecule has 2 aliphatic rings. The van der Waals surface area contributed by atoms with Gasteiger partial charge in [-0.1, -0.05) is 13.3 Å². The first kappa shape index (κ1) is 14.3. The third kappa shape index (κ3) is 3.69. The number of rotatable bonds is 4. The molecule has 2 N–H and O–H groups in total. The van der Waals surface area contributed by atoms with Gasteiger partial charge in [0.25, 0.3) is 0 Å². The van der Waals surface area contributed by atoms with Crippen LogP contribution in [0.25, 0.3) is 0 Å². The molecule has 0 radical (unpaired) electrons. The highest BCUT2D eigenvalue weighted by Crippen LogP contribution is 2.24. The number of carbonyl (C=O) groups excluding carboxylic acids is 1. The summed E-state index contributed by atoms with van der Waals surface area (Å²) in [6.45, 7) is 4.42. The number of piperidine rings is 1. The quantitative estimate of drug-likeness (QED) is 0.800. The molecule has 2 saturated heterocycles. The van der Waals surface area contributed by atoms with E-state index in [1.54, 1.807) is 0 Å². The van der Waals surface area contributed by atoms with Crippen LogP contribution >= 0.6 is 0 Å². The number of carbonyl (C=O) groups is 2. The minimum absolute atomic E-state index is 0.0534. The van der Waals surface area contributed by atoms with Gasteiger partial charge in [-0.2, -0.15) is 0 Å². The standard InChI is InChI=1S/C14H24N2O3/c1-2-10-3-5-15-12(7-10)14(19)16-6-4-11(9-16)8-13(17)18/h10-12,15H,2-9H2,1H3,(H,17,18). The van der Waals surface area contributed by atoms with Gasteiger partial charge in [-0.3, -0.25) is 9.59 Å². The number of carboxylic acids is 1. The summed E-state index contributed by atoms with van der Waals surface area (Å²) in [5.74, 6) is 0.187. The van der Waals surface area contributed by atoms with Crippen LogP contribution < -0.4 is 5.32 Å². The second-order valence-electron chi connectivity index (χ2n) is 5.84. The molecule has 2 rings (SSSR count). The van der Waals surface area contributed by atoms with Gasteiger partial charge in [0, 0.05) is 19.5 Å². The second-order valence-corrected chi connectivity index (χ2v) is 5.84. The SMILES string of the molecule is CCC1CCNC(C(=O)N2CCC(CC(=O)O)C2)C1. The Hall–Kier alpha value is -1.10. The normalized spacial score (nSPS) is 31.4. The van der Waals surface area contributed by atoms with Gasteiger partial charge < -0.3 is 15.3 Å². The fraction of sp³-hybridized carbons (Fsp3) is 0.857. The molecule has 0 spiro atoms. The van der Waals surface area contributed by atoms with Crippen molar-refractivity contribution in [1.29, 1.82) is 0 Å². The molecule has 2 heterocycles. The number of nitrogens with zero attached hydrogens (tertiary/aromatic N) is 1. The highest BCUT2D eigenvalue weighted by atomic mass is 16.4. The van der Waals surface area contributed by atoms with Crippen LogP contribution in [0.15, 0.2) is 0 Å². The fourth-order valence-corrected chi connectivity index (χ4v) is 3.22. The molecular formula is C14H24N2O3. The van der Waals surface area contributed by atoms with Gasteiger partial charge >= 0.3 is 5.97 Å². The van der Waals surface area contributed by atoms with Crippen LogP contribution in [0.1, 0.15) is 39.0 Å². The molecule has 19 heavy (non-hydrogen) atoms. The van der Waals surface area contributed by atoms with Crippen LogP contribution in [0, 0.1) is 11.8 Å².